The number of nitrogens with zero attached hydrogens (tertiary/aromatic N) is 1. The van der Waals surface area contributed by atoms with Gasteiger partial charge in [0, 0.05) is 5.75 Å². The van der Waals surface area contributed by atoms with E-state index in [9.17, 15) is 4.79 Å². The summed E-state index contributed by atoms with van der Waals surface area (Å²) in [6.07, 6.45) is 0. The molecule has 1 heterocycles. The first kappa shape index (κ1) is 11.2. The van der Waals surface area contributed by atoms with Crippen molar-refractivity contribution < 1.29 is 9.53 Å². The van der Waals surface area contributed by atoms with Crippen molar-refractivity contribution in [2.45, 2.75) is 13.0 Å². The highest BCUT2D eigenvalue weighted by Gasteiger charge is 2.25. The number of carbonyl (C=O) groups is 1. The monoisotopic (exact) mass is 235 g/mol. The predicted octanol–water partition coefficient (Wildman–Crippen LogP) is 2.44. The van der Waals surface area contributed by atoms with Gasteiger partial charge in [-0.25, -0.2) is 4.79 Å². The molecule has 1 atom stereocenters. The summed E-state index contributed by atoms with van der Waals surface area (Å²) in [6, 6.07) is 10.1. The zero-order valence-corrected chi connectivity index (χ0v) is 9.87. The van der Waals surface area contributed by atoms with Crippen LogP contribution in [0.1, 0.15) is 18.5 Å². The Labute approximate surface area is 98.9 Å². The van der Waals surface area contributed by atoms with Gasteiger partial charge in [0.25, 0.3) is 0 Å². The molecule has 0 spiro atoms. The number of ether oxygens (including phenoxy) is 1. The van der Waals surface area contributed by atoms with Crippen LogP contribution in [0.4, 0.5) is 0 Å². The molecule has 1 unspecified atom stereocenters. The second-order valence-electron chi connectivity index (χ2n) is 3.39. The van der Waals surface area contributed by atoms with E-state index in [-0.39, 0.29) is 12.0 Å². The summed E-state index contributed by atoms with van der Waals surface area (Å²) < 4.78 is 4.92. The van der Waals surface area contributed by atoms with Crippen molar-refractivity contribution >= 4 is 22.8 Å². The summed E-state index contributed by atoms with van der Waals surface area (Å²) in [4.78, 5) is 15.8. The maximum Gasteiger partial charge on any atom is 0.363 e. The van der Waals surface area contributed by atoms with Gasteiger partial charge < -0.3 is 4.74 Å². The van der Waals surface area contributed by atoms with E-state index in [0.717, 1.165) is 11.3 Å². The average molecular weight is 235 g/mol. The van der Waals surface area contributed by atoms with Gasteiger partial charge in [-0.1, -0.05) is 42.1 Å². The van der Waals surface area contributed by atoms with Gasteiger partial charge in [-0.2, -0.15) is 0 Å². The number of esters is 1. The molecule has 1 aliphatic rings. The fraction of sp³-hybridized carbons (Fsp3) is 0.333. The Hall–Kier alpha value is -1.29. The molecule has 0 amide bonds. The van der Waals surface area contributed by atoms with Crippen molar-refractivity contribution in [1.29, 1.82) is 0 Å². The molecular weight excluding hydrogens is 222 g/mol. The Balaban J connectivity index is 2.09. The zero-order valence-electron chi connectivity index (χ0n) is 9.05. The summed E-state index contributed by atoms with van der Waals surface area (Å²) >= 11 is 1.47. The molecule has 0 aromatic heterocycles. The standard InChI is InChI=1S/C12H13NO2S/c1-2-15-12(14)11-13-10(8-16-11)9-6-4-3-5-7-9/h3-7,10H,2,8H2,1H3. The molecule has 0 saturated carbocycles. The van der Waals surface area contributed by atoms with Crippen molar-refractivity contribution in [1.82, 2.24) is 0 Å². The molecule has 1 aliphatic heterocycles. The highest BCUT2D eigenvalue weighted by molar-refractivity contribution is 8.16. The Morgan fingerprint density at radius 2 is 2.25 bits per heavy atom. The number of benzene rings is 1. The lowest BCUT2D eigenvalue weighted by atomic mass is 10.1. The van der Waals surface area contributed by atoms with Gasteiger partial charge in [0.2, 0.25) is 0 Å². The maximum atomic E-state index is 11.4. The van der Waals surface area contributed by atoms with Crippen LogP contribution in [0, 0.1) is 0 Å². The molecule has 0 bridgehead atoms. The van der Waals surface area contributed by atoms with Crippen molar-refractivity contribution in [2.24, 2.45) is 4.99 Å². The molecule has 3 nitrogen and oxygen atoms in total. The summed E-state index contributed by atoms with van der Waals surface area (Å²) in [5, 5.41) is 0.496. The molecule has 0 aliphatic carbocycles. The number of thioether (sulfide) groups is 1. The van der Waals surface area contributed by atoms with E-state index in [1.807, 2.05) is 30.3 Å². The highest BCUT2D eigenvalue weighted by atomic mass is 32.2. The van der Waals surface area contributed by atoms with E-state index >= 15 is 0 Å². The Morgan fingerprint density at radius 3 is 2.94 bits per heavy atom. The molecule has 1 aromatic carbocycles. The molecule has 2 rings (SSSR count). The number of carbonyl (C=O) groups excluding carboxylic acids is 1. The number of aliphatic imine (C=N–C) groups is 1. The molecule has 0 N–H and O–H groups in total. The van der Waals surface area contributed by atoms with Gasteiger partial charge >= 0.3 is 5.97 Å². The predicted molar refractivity (Wildman–Crippen MR) is 65.7 cm³/mol. The quantitative estimate of drug-likeness (QED) is 0.755. The first-order valence-corrected chi connectivity index (χ1v) is 6.22. The Bertz CT molecular complexity index is 403. The molecule has 4 heteroatoms. The van der Waals surface area contributed by atoms with Crippen molar-refractivity contribution in [3.8, 4) is 0 Å². The third-order valence-electron chi connectivity index (χ3n) is 2.29. The zero-order chi connectivity index (χ0) is 11.4. The highest BCUT2D eigenvalue weighted by Crippen LogP contribution is 2.30. The average Bonchev–Trinajstić information content (AvgIpc) is 2.80. The first-order chi connectivity index (χ1) is 7.81. The topological polar surface area (TPSA) is 38.7 Å². The fourth-order valence-corrected chi connectivity index (χ4v) is 2.49. The molecule has 16 heavy (non-hydrogen) atoms. The third kappa shape index (κ3) is 2.44. The molecule has 0 saturated heterocycles. The van der Waals surface area contributed by atoms with Gasteiger partial charge in [-0.3, -0.25) is 4.99 Å². The summed E-state index contributed by atoms with van der Waals surface area (Å²) in [7, 11) is 0. The molecular formula is C12H13NO2S. The number of hydrogen-bond donors (Lipinski definition) is 0. The van der Waals surface area contributed by atoms with E-state index in [0.29, 0.717) is 11.7 Å². The van der Waals surface area contributed by atoms with Gasteiger partial charge in [0.1, 0.15) is 0 Å². The number of rotatable bonds is 3. The van der Waals surface area contributed by atoms with Crippen molar-refractivity contribution in [2.75, 3.05) is 12.4 Å². The molecule has 0 fully saturated rings. The second-order valence-corrected chi connectivity index (χ2v) is 4.40. The third-order valence-corrected chi connectivity index (χ3v) is 3.31. The Kier molecular flexibility index (Phi) is 3.62. The molecule has 1 aromatic rings. The lowest BCUT2D eigenvalue weighted by molar-refractivity contribution is -0.134. The van der Waals surface area contributed by atoms with Gasteiger partial charge in [-0.15, -0.1) is 0 Å². The lowest BCUT2D eigenvalue weighted by Crippen LogP contribution is -2.12. The van der Waals surface area contributed by atoms with Crippen molar-refractivity contribution in [3.63, 3.8) is 0 Å². The van der Waals surface area contributed by atoms with Gasteiger partial charge in [-0.05, 0) is 12.5 Å². The summed E-state index contributed by atoms with van der Waals surface area (Å²) in [6.45, 7) is 2.20. The van der Waals surface area contributed by atoms with Gasteiger partial charge in [0.05, 0.1) is 12.6 Å². The maximum absolute atomic E-state index is 11.4. The molecule has 84 valence electrons. The first-order valence-electron chi connectivity index (χ1n) is 5.24. The van der Waals surface area contributed by atoms with Crippen LogP contribution < -0.4 is 0 Å². The van der Waals surface area contributed by atoms with Crippen LogP contribution in [0.5, 0.6) is 0 Å². The minimum atomic E-state index is -0.300. The molecule has 0 radical (unpaired) electrons. The van der Waals surface area contributed by atoms with Crippen LogP contribution in [0.25, 0.3) is 0 Å². The van der Waals surface area contributed by atoms with Crippen LogP contribution in [-0.4, -0.2) is 23.4 Å². The van der Waals surface area contributed by atoms with Crippen LogP contribution in [0.15, 0.2) is 35.3 Å². The van der Waals surface area contributed by atoms with Crippen LogP contribution in [0.3, 0.4) is 0 Å². The van der Waals surface area contributed by atoms with E-state index in [2.05, 4.69) is 4.99 Å². The fourth-order valence-electron chi connectivity index (χ4n) is 1.52. The largest absolute Gasteiger partial charge is 0.461 e. The SMILES string of the molecule is CCOC(=O)C1=NC(c2ccccc2)CS1. The van der Waals surface area contributed by atoms with E-state index in [1.54, 1.807) is 6.92 Å². The Morgan fingerprint density at radius 1 is 1.50 bits per heavy atom. The van der Waals surface area contributed by atoms with Crippen molar-refractivity contribution in [3.05, 3.63) is 35.9 Å². The van der Waals surface area contributed by atoms with Crippen LogP contribution in [0.2, 0.25) is 0 Å². The minimum absolute atomic E-state index is 0.0885. The van der Waals surface area contributed by atoms with Gasteiger partial charge in [0.15, 0.2) is 5.04 Å². The van der Waals surface area contributed by atoms with E-state index in [1.165, 1.54) is 11.8 Å². The minimum Gasteiger partial charge on any atom is -0.461 e. The summed E-state index contributed by atoms with van der Waals surface area (Å²) in [5.41, 5.74) is 1.15. The van der Waals surface area contributed by atoms with Crippen LogP contribution in [-0.2, 0) is 9.53 Å². The van der Waals surface area contributed by atoms with Crippen LogP contribution >= 0.6 is 11.8 Å². The van der Waals surface area contributed by atoms with E-state index in [4.69, 9.17) is 4.74 Å². The van der Waals surface area contributed by atoms with E-state index < -0.39 is 0 Å². The summed E-state index contributed by atoms with van der Waals surface area (Å²) in [5.74, 6) is 0.518. The smallest absolute Gasteiger partial charge is 0.363 e. The normalized spacial score (nSPS) is 19.3. The number of hydrogen-bond acceptors (Lipinski definition) is 4. The lowest BCUT2D eigenvalue weighted by Gasteiger charge is -2.04. The second kappa shape index (κ2) is 5.16.